The van der Waals surface area contributed by atoms with Crippen LogP contribution in [-0.2, 0) is 16.0 Å². The molecule has 2 N–H and O–H groups in total. The molecule has 0 saturated carbocycles. The highest BCUT2D eigenvalue weighted by Crippen LogP contribution is 2.31. The van der Waals surface area contributed by atoms with Crippen molar-refractivity contribution in [2.45, 2.75) is 26.7 Å². The third kappa shape index (κ3) is 4.81. The monoisotopic (exact) mass is 376 g/mol. The SMILES string of the molecule is C=C(C)CCS(=C)(=N)Nc1cc(Cc2ccccc2)c(C)c2ccccc12. The van der Waals surface area contributed by atoms with E-state index in [0.29, 0.717) is 5.75 Å². The minimum Gasteiger partial charge on any atom is -0.328 e. The summed E-state index contributed by atoms with van der Waals surface area (Å²) in [5.74, 6) is 4.88. The lowest BCUT2D eigenvalue weighted by molar-refractivity contribution is 1.12. The van der Waals surface area contributed by atoms with Crippen LogP contribution in [0.3, 0.4) is 0 Å². The van der Waals surface area contributed by atoms with Crippen molar-refractivity contribution >= 4 is 31.9 Å². The second-order valence-corrected chi connectivity index (χ2v) is 9.69. The number of anilines is 1. The average molecular weight is 377 g/mol. The summed E-state index contributed by atoms with van der Waals surface area (Å²) >= 11 is 0. The van der Waals surface area contributed by atoms with Crippen molar-refractivity contribution in [1.82, 2.24) is 0 Å². The maximum Gasteiger partial charge on any atom is 0.0524 e. The van der Waals surface area contributed by atoms with Gasteiger partial charge in [-0.1, -0.05) is 69.8 Å². The summed E-state index contributed by atoms with van der Waals surface area (Å²) in [6, 6.07) is 21.2. The molecule has 140 valence electrons. The van der Waals surface area contributed by atoms with Gasteiger partial charge in [0.1, 0.15) is 0 Å². The van der Waals surface area contributed by atoms with Crippen molar-refractivity contribution in [3.8, 4) is 0 Å². The van der Waals surface area contributed by atoms with Gasteiger partial charge in [0.05, 0.1) is 5.69 Å². The Kier molecular flexibility index (Phi) is 5.71. The Balaban J connectivity index is 2.03. The van der Waals surface area contributed by atoms with Gasteiger partial charge in [-0.15, -0.1) is 6.58 Å². The van der Waals surface area contributed by atoms with Crippen LogP contribution < -0.4 is 4.72 Å². The van der Waals surface area contributed by atoms with Crippen LogP contribution in [0.15, 0.2) is 72.8 Å². The van der Waals surface area contributed by atoms with Gasteiger partial charge in [0, 0.05) is 11.1 Å². The molecular formula is C24H28N2S. The number of fused-ring (bicyclic) bond motifs is 1. The van der Waals surface area contributed by atoms with Crippen molar-refractivity contribution < 1.29 is 0 Å². The third-order valence-electron chi connectivity index (χ3n) is 4.84. The molecule has 0 aliphatic heterocycles. The smallest absolute Gasteiger partial charge is 0.0524 e. The van der Waals surface area contributed by atoms with E-state index < -0.39 is 9.60 Å². The van der Waals surface area contributed by atoms with Gasteiger partial charge in [-0.3, -0.25) is 4.78 Å². The van der Waals surface area contributed by atoms with Crippen LogP contribution in [0.4, 0.5) is 5.69 Å². The quantitative estimate of drug-likeness (QED) is 0.364. The van der Waals surface area contributed by atoms with E-state index in [0.717, 1.165) is 29.5 Å². The molecule has 0 bridgehead atoms. The van der Waals surface area contributed by atoms with Crippen LogP contribution in [0.25, 0.3) is 10.8 Å². The van der Waals surface area contributed by atoms with Crippen LogP contribution in [0.1, 0.15) is 30.0 Å². The Morgan fingerprint density at radius 3 is 2.33 bits per heavy atom. The molecule has 2 nitrogen and oxygen atoms in total. The number of benzene rings is 3. The first kappa shape index (κ1) is 19.2. The minimum atomic E-state index is -1.93. The van der Waals surface area contributed by atoms with Crippen LogP contribution in [0.5, 0.6) is 0 Å². The molecule has 27 heavy (non-hydrogen) atoms. The summed E-state index contributed by atoms with van der Waals surface area (Å²) in [4.78, 5) is 0. The Bertz CT molecular complexity index is 1060. The number of allylic oxidation sites excluding steroid dienone is 1. The largest absolute Gasteiger partial charge is 0.328 e. The fourth-order valence-electron chi connectivity index (χ4n) is 3.27. The van der Waals surface area contributed by atoms with E-state index in [1.807, 2.05) is 13.0 Å². The van der Waals surface area contributed by atoms with Crippen molar-refractivity contribution in [3.05, 3.63) is 89.5 Å². The van der Waals surface area contributed by atoms with E-state index >= 15 is 0 Å². The molecular weight excluding hydrogens is 348 g/mol. The van der Waals surface area contributed by atoms with Crippen LogP contribution in [0, 0.1) is 11.7 Å². The van der Waals surface area contributed by atoms with Gasteiger partial charge < -0.3 is 4.72 Å². The summed E-state index contributed by atoms with van der Waals surface area (Å²) in [6.45, 7) is 8.16. The van der Waals surface area contributed by atoms with Crippen molar-refractivity contribution in [3.63, 3.8) is 0 Å². The van der Waals surface area contributed by atoms with E-state index in [2.05, 4.69) is 78.7 Å². The first-order valence-corrected chi connectivity index (χ1v) is 11.2. The van der Waals surface area contributed by atoms with E-state index in [-0.39, 0.29) is 0 Å². The van der Waals surface area contributed by atoms with Crippen molar-refractivity contribution in [2.75, 3.05) is 10.5 Å². The highest BCUT2D eigenvalue weighted by molar-refractivity contribution is 8.02. The third-order valence-corrected chi connectivity index (χ3v) is 6.35. The topological polar surface area (TPSA) is 35.9 Å². The predicted molar refractivity (Wildman–Crippen MR) is 123 cm³/mol. The van der Waals surface area contributed by atoms with Crippen molar-refractivity contribution in [2.24, 2.45) is 0 Å². The zero-order chi connectivity index (χ0) is 19.4. The van der Waals surface area contributed by atoms with Gasteiger partial charge in [0.15, 0.2) is 0 Å². The summed E-state index contributed by atoms with van der Waals surface area (Å²) in [7, 11) is -1.93. The highest BCUT2D eigenvalue weighted by atomic mass is 32.2. The standard InChI is InChI=1S/C24H28N2S/c1-18(2)14-15-27(4,25)26-24-17-21(16-20-10-6-5-7-11-20)19(3)22-12-8-9-13-23(22)24/h5-13,17H,1,4,14-16H2,2-3H3,(H2,25,26). The van der Waals surface area contributed by atoms with Crippen LogP contribution >= 0.6 is 0 Å². The van der Waals surface area contributed by atoms with Crippen LogP contribution in [0.2, 0.25) is 0 Å². The summed E-state index contributed by atoms with van der Waals surface area (Å²) in [5, 5.41) is 2.40. The maximum absolute atomic E-state index is 8.70. The van der Waals surface area contributed by atoms with Gasteiger partial charge >= 0.3 is 0 Å². The zero-order valence-corrected chi connectivity index (χ0v) is 17.0. The highest BCUT2D eigenvalue weighted by Gasteiger charge is 2.11. The second kappa shape index (κ2) is 8.01. The molecule has 0 radical (unpaired) electrons. The molecule has 3 aromatic carbocycles. The predicted octanol–water partition coefficient (Wildman–Crippen LogP) is 6.38. The molecule has 0 heterocycles. The molecule has 0 aromatic heterocycles. The molecule has 1 atom stereocenters. The summed E-state index contributed by atoms with van der Waals surface area (Å²) in [6.07, 6.45) is 1.71. The Morgan fingerprint density at radius 2 is 1.67 bits per heavy atom. The second-order valence-electron chi connectivity index (χ2n) is 7.31. The molecule has 0 amide bonds. The molecule has 3 rings (SSSR count). The maximum atomic E-state index is 8.70. The molecule has 3 heteroatoms. The Morgan fingerprint density at radius 1 is 1.04 bits per heavy atom. The first-order chi connectivity index (χ1) is 12.9. The molecule has 3 aromatic rings. The van der Waals surface area contributed by atoms with Gasteiger partial charge in [0.25, 0.3) is 0 Å². The number of hydrogen-bond acceptors (Lipinski definition) is 1. The van der Waals surface area contributed by atoms with E-state index in [1.165, 1.54) is 22.1 Å². The first-order valence-electron chi connectivity index (χ1n) is 9.22. The molecule has 0 aliphatic rings. The molecule has 0 spiro atoms. The van der Waals surface area contributed by atoms with Gasteiger partial charge in [0.2, 0.25) is 0 Å². The Hall–Kier alpha value is -2.52. The fraction of sp³-hybridized carbons (Fsp3) is 0.208. The minimum absolute atomic E-state index is 0.707. The van der Waals surface area contributed by atoms with Gasteiger partial charge in [-0.2, -0.15) is 0 Å². The lowest BCUT2D eigenvalue weighted by Gasteiger charge is -2.20. The number of hydrogen-bond donors (Lipinski definition) is 2. The van der Waals surface area contributed by atoms with E-state index in [4.69, 9.17) is 4.78 Å². The number of aryl methyl sites for hydroxylation is 1. The number of rotatable bonds is 7. The molecule has 1 unspecified atom stereocenters. The normalized spacial score (nSPS) is 13.3. The average Bonchev–Trinajstić information content (AvgIpc) is 2.65. The van der Waals surface area contributed by atoms with Crippen molar-refractivity contribution in [1.29, 1.82) is 4.78 Å². The summed E-state index contributed by atoms with van der Waals surface area (Å²) in [5.41, 5.74) is 6.00. The van der Waals surface area contributed by atoms with E-state index in [9.17, 15) is 0 Å². The van der Waals surface area contributed by atoms with E-state index in [1.54, 1.807) is 0 Å². The molecule has 0 saturated heterocycles. The Labute approximate surface area is 163 Å². The molecule has 0 fully saturated rings. The fourth-order valence-corrected chi connectivity index (χ4v) is 4.66. The van der Waals surface area contributed by atoms with Gasteiger partial charge in [-0.05, 0) is 60.7 Å². The lowest BCUT2D eigenvalue weighted by atomic mass is 9.94. The van der Waals surface area contributed by atoms with Gasteiger partial charge in [-0.25, -0.2) is 0 Å². The summed E-state index contributed by atoms with van der Waals surface area (Å²) < 4.78 is 12.2. The zero-order valence-electron chi connectivity index (χ0n) is 16.2. The number of nitrogens with one attached hydrogen (secondary N) is 2. The van der Waals surface area contributed by atoms with Crippen LogP contribution in [-0.4, -0.2) is 11.6 Å². The lowest BCUT2D eigenvalue weighted by Crippen LogP contribution is -2.15. The molecule has 0 aliphatic carbocycles.